The molecule has 0 spiro atoms. The summed E-state index contributed by atoms with van der Waals surface area (Å²) >= 11 is 0. The maximum Gasteiger partial charge on any atom is 0.216 e. The van der Waals surface area contributed by atoms with E-state index in [0.29, 0.717) is 11.5 Å². The van der Waals surface area contributed by atoms with Gasteiger partial charge in [0.05, 0.1) is 0 Å². The molecule has 4 nitrogen and oxygen atoms in total. The lowest BCUT2D eigenvalue weighted by Crippen LogP contribution is -2.34. The first kappa shape index (κ1) is 14.7. The number of benzene rings is 1. The van der Waals surface area contributed by atoms with E-state index in [1.165, 1.54) is 6.92 Å². The van der Waals surface area contributed by atoms with Crippen molar-refractivity contribution in [3.63, 3.8) is 0 Å². The van der Waals surface area contributed by atoms with Crippen LogP contribution in [-0.2, 0) is 4.79 Å². The minimum Gasteiger partial charge on any atom is -0.388 e. The Hall–Kier alpha value is -1.39. The number of carbonyl (C=O) groups excluding carboxylic acids is 1. The predicted octanol–water partition coefficient (Wildman–Crippen LogP) is 1.34. The summed E-state index contributed by atoms with van der Waals surface area (Å²) in [5.41, 5.74) is 1.78. The van der Waals surface area contributed by atoms with E-state index in [2.05, 4.69) is 19.2 Å². The van der Waals surface area contributed by atoms with Gasteiger partial charge in [-0.1, -0.05) is 38.1 Å². The quantitative estimate of drug-likeness (QED) is 0.739. The Labute approximate surface area is 108 Å². The summed E-state index contributed by atoms with van der Waals surface area (Å²) in [6, 6.07) is 7.50. The van der Waals surface area contributed by atoms with E-state index in [0.717, 1.165) is 5.56 Å². The van der Waals surface area contributed by atoms with Crippen LogP contribution >= 0.6 is 0 Å². The van der Waals surface area contributed by atoms with Crippen molar-refractivity contribution in [1.82, 2.24) is 5.32 Å². The van der Waals surface area contributed by atoms with Crippen molar-refractivity contribution in [2.24, 2.45) is 0 Å². The number of nitrogens with one attached hydrogen (secondary N) is 1. The summed E-state index contributed by atoms with van der Waals surface area (Å²) < 4.78 is 0. The molecule has 0 saturated carbocycles. The molecule has 0 aromatic heterocycles. The molecule has 1 rings (SSSR count). The Morgan fingerprint density at radius 1 is 1.28 bits per heavy atom. The maximum atomic E-state index is 10.7. The molecule has 0 bridgehead atoms. The van der Waals surface area contributed by atoms with E-state index in [4.69, 9.17) is 0 Å². The summed E-state index contributed by atoms with van der Waals surface area (Å²) in [6.45, 7) is 5.55. The van der Waals surface area contributed by atoms with Crippen molar-refractivity contribution < 1.29 is 15.0 Å². The predicted molar refractivity (Wildman–Crippen MR) is 70.2 cm³/mol. The van der Waals surface area contributed by atoms with Gasteiger partial charge >= 0.3 is 0 Å². The van der Waals surface area contributed by atoms with Gasteiger partial charge in [0.25, 0.3) is 0 Å². The lowest BCUT2D eigenvalue weighted by Gasteiger charge is -2.19. The molecule has 2 unspecified atom stereocenters. The molecule has 0 heterocycles. The largest absolute Gasteiger partial charge is 0.388 e. The molecule has 100 valence electrons. The fourth-order valence-corrected chi connectivity index (χ4v) is 1.68. The summed E-state index contributed by atoms with van der Waals surface area (Å²) in [5.74, 6) is 0.141. The van der Waals surface area contributed by atoms with Gasteiger partial charge in [0, 0.05) is 13.5 Å². The number of carbonyl (C=O) groups is 1. The van der Waals surface area contributed by atoms with Crippen LogP contribution in [0.2, 0.25) is 0 Å². The Kier molecular flexibility index (Phi) is 5.31. The molecule has 3 N–H and O–H groups in total. The molecule has 1 aromatic rings. The molecule has 4 heteroatoms. The first-order chi connectivity index (χ1) is 8.41. The lowest BCUT2D eigenvalue weighted by atomic mass is 9.97. The molecule has 0 aliphatic rings. The van der Waals surface area contributed by atoms with Crippen LogP contribution in [0.5, 0.6) is 0 Å². The van der Waals surface area contributed by atoms with Gasteiger partial charge < -0.3 is 15.5 Å². The number of rotatable bonds is 5. The van der Waals surface area contributed by atoms with Crippen molar-refractivity contribution in [3.8, 4) is 0 Å². The van der Waals surface area contributed by atoms with Crippen LogP contribution in [0.3, 0.4) is 0 Å². The molecule has 1 aromatic carbocycles. The van der Waals surface area contributed by atoms with Crippen molar-refractivity contribution in [3.05, 3.63) is 35.4 Å². The number of hydrogen-bond acceptors (Lipinski definition) is 3. The summed E-state index contributed by atoms with van der Waals surface area (Å²) in [5, 5.41) is 22.3. The van der Waals surface area contributed by atoms with Crippen LogP contribution in [0, 0.1) is 0 Å². The third kappa shape index (κ3) is 4.13. The maximum absolute atomic E-state index is 10.7. The van der Waals surface area contributed by atoms with Crippen LogP contribution in [-0.4, -0.2) is 28.8 Å². The first-order valence-corrected chi connectivity index (χ1v) is 6.12. The number of amides is 1. The van der Waals surface area contributed by atoms with Gasteiger partial charge in [-0.2, -0.15) is 0 Å². The monoisotopic (exact) mass is 251 g/mol. The molecule has 1 amide bonds. The molecule has 0 fully saturated rings. The second-order valence-electron chi connectivity index (χ2n) is 4.77. The first-order valence-electron chi connectivity index (χ1n) is 6.12. The van der Waals surface area contributed by atoms with E-state index >= 15 is 0 Å². The van der Waals surface area contributed by atoms with E-state index < -0.39 is 12.2 Å². The van der Waals surface area contributed by atoms with Gasteiger partial charge in [0.2, 0.25) is 5.91 Å². The average molecular weight is 251 g/mol. The molecule has 2 atom stereocenters. The normalized spacial score (nSPS) is 14.3. The lowest BCUT2D eigenvalue weighted by molar-refractivity contribution is -0.119. The van der Waals surface area contributed by atoms with Crippen LogP contribution < -0.4 is 5.32 Å². The van der Waals surface area contributed by atoms with Crippen LogP contribution in [0.25, 0.3) is 0 Å². The smallest absolute Gasteiger partial charge is 0.216 e. The highest BCUT2D eigenvalue weighted by atomic mass is 16.3. The Bertz CT molecular complexity index is 404. The van der Waals surface area contributed by atoms with Gasteiger partial charge in [-0.3, -0.25) is 4.79 Å². The van der Waals surface area contributed by atoms with Crippen molar-refractivity contribution in [2.75, 3.05) is 6.54 Å². The zero-order chi connectivity index (χ0) is 13.7. The van der Waals surface area contributed by atoms with Gasteiger partial charge in [0.1, 0.15) is 12.2 Å². The highest BCUT2D eigenvalue weighted by molar-refractivity contribution is 5.72. The van der Waals surface area contributed by atoms with E-state index in [9.17, 15) is 15.0 Å². The van der Waals surface area contributed by atoms with E-state index in [-0.39, 0.29) is 12.5 Å². The van der Waals surface area contributed by atoms with Crippen LogP contribution in [0.4, 0.5) is 0 Å². The summed E-state index contributed by atoms with van der Waals surface area (Å²) in [7, 11) is 0. The van der Waals surface area contributed by atoms with Gasteiger partial charge in [0.15, 0.2) is 0 Å². The minimum absolute atomic E-state index is 0.0441. The Morgan fingerprint density at radius 3 is 2.44 bits per heavy atom. The van der Waals surface area contributed by atoms with Crippen molar-refractivity contribution in [2.45, 2.75) is 38.9 Å². The summed E-state index contributed by atoms with van der Waals surface area (Å²) in [4.78, 5) is 10.7. The topological polar surface area (TPSA) is 69.6 Å². The number of aliphatic hydroxyl groups excluding tert-OH is 2. The van der Waals surface area contributed by atoms with Crippen LogP contribution in [0.15, 0.2) is 24.3 Å². The van der Waals surface area contributed by atoms with E-state index in [1.54, 1.807) is 6.07 Å². The fourth-order valence-electron chi connectivity index (χ4n) is 1.68. The Balaban J connectivity index is 2.73. The van der Waals surface area contributed by atoms with E-state index in [1.807, 2.05) is 18.2 Å². The SMILES string of the molecule is CC(=O)NCC(O)C(O)c1cccc(C(C)C)c1. The molecule has 0 aliphatic carbocycles. The highest BCUT2D eigenvalue weighted by Crippen LogP contribution is 2.21. The third-order valence-corrected chi connectivity index (χ3v) is 2.84. The number of hydrogen-bond donors (Lipinski definition) is 3. The zero-order valence-corrected chi connectivity index (χ0v) is 11.1. The molecule has 18 heavy (non-hydrogen) atoms. The molecule has 0 saturated heterocycles. The average Bonchev–Trinajstić information content (AvgIpc) is 2.35. The van der Waals surface area contributed by atoms with Gasteiger partial charge in [-0.05, 0) is 17.0 Å². The summed E-state index contributed by atoms with van der Waals surface area (Å²) in [6.07, 6.45) is -1.99. The second-order valence-corrected chi connectivity index (χ2v) is 4.77. The molecular formula is C14H21NO3. The van der Waals surface area contributed by atoms with Crippen LogP contribution in [0.1, 0.15) is 43.9 Å². The molecular weight excluding hydrogens is 230 g/mol. The Morgan fingerprint density at radius 2 is 1.89 bits per heavy atom. The zero-order valence-electron chi connectivity index (χ0n) is 11.1. The minimum atomic E-state index is -1.00. The molecule has 0 radical (unpaired) electrons. The van der Waals surface area contributed by atoms with Crippen molar-refractivity contribution >= 4 is 5.91 Å². The highest BCUT2D eigenvalue weighted by Gasteiger charge is 2.19. The van der Waals surface area contributed by atoms with Gasteiger partial charge in [-0.25, -0.2) is 0 Å². The van der Waals surface area contributed by atoms with Crippen molar-refractivity contribution in [1.29, 1.82) is 0 Å². The third-order valence-electron chi connectivity index (χ3n) is 2.84. The van der Waals surface area contributed by atoms with Gasteiger partial charge in [-0.15, -0.1) is 0 Å². The molecule has 0 aliphatic heterocycles. The fraction of sp³-hybridized carbons (Fsp3) is 0.500. The second kappa shape index (κ2) is 6.52. The number of aliphatic hydroxyl groups is 2. The standard InChI is InChI=1S/C14H21NO3/c1-9(2)11-5-4-6-12(7-11)14(18)13(17)8-15-10(3)16/h4-7,9,13-14,17-18H,8H2,1-3H3,(H,15,16).